The van der Waals surface area contributed by atoms with E-state index in [0.717, 1.165) is 0 Å². The van der Waals surface area contributed by atoms with Crippen molar-refractivity contribution in [2.24, 2.45) is 0 Å². The Morgan fingerprint density at radius 1 is 1.22 bits per heavy atom. The minimum absolute atomic E-state index is 0.0355. The first-order valence-electron chi connectivity index (χ1n) is 5.43. The minimum Gasteiger partial charge on any atom is -0.443 e. The highest BCUT2D eigenvalue weighted by atomic mass is 19.2. The summed E-state index contributed by atoms with van der Waals surface area (Å²) in [7, 11) is 0. The number of benzene rings is 1. The van der Waals surface area contributed by atoms with Crippen LogP contribution in [0.25, 0.3) is 11.0 Å². The van der Waals surface area contributed by atoms with E-state index in [1.807, 2.05) is 0 Å². The SMILES string of the molecule is CC(C)(C)OC(=O)n1c(=O)n(F)c2ccccc21. The Hall–Kier alpha value is -2.11. The molecule has 0 spiro atoms. The molecule has 0 atom stereocenters. The summed E-state index contributed by atoms with van der Waals surface area (Å²) in [5, 5.41) is 0. The molecule has 0 aliphatic rings. The minimum atomic E-state index is -1.06. The molecule has 0 unspecified atom stereocenters. The van der Waals surface area contributed by atoms with Gasteiger partial charge in [-0.2, -0.15) is 4.57 Å². The molecule has 5 nitrogen and oxygen atoms in total. The fourth-order valence-electron chi connectivity index (χ4n) is 1.60. The van der Waals surface area contributed by atoms with Gasteiger partial charge in [0, 0.05) is 0 Å². The summed E-state index contributed by atoms with van der Waals surface area (Å²) in [6.45, 7) is 5.01. The molecule has 0 amide bonds. The van der Waals surface area contributed by atoms with Crippen LogP contribution in [0.1, 0.15) is 20.8 Å². The zero-order chi connectivity index (χ0) is 13.5. The van der Waals surface area contributed by atoms with Crippen LogP contribution >= 0.6 is 0 Å². The molecule has 18 heavy (non-hydrogen) atoms. The fourth-order valence-corrected chi connectivity index (χ4v) is 1.60. The van der Waals surface area contributed by atoms with Gasteiger partial charge in [-0.15, -0.1) is 4.79 Å². The molecular weight excluding hydrogens is 239 g/mol. The van der Waals surface area contributed by atoms with Crippen LogP contribution in [-0.2, 0) is 4.74 Å². The van der Waals surface area contributed by atoms with Crippen molar-refractivity contribution in [1.82, 2.24) is 9.36 Å². The first-order chi connectivity index (χ1) is 8.31. The number of hydrogen-bond acceptors (Lipinski definition) is 3. The molecule has 1 heterocycles. The third-order valence-electron chi connectivity index (χ3n) is 2.27. The van der Waals surface area contributed by atoms with E-state index in [-0.39, 0.29) is 15.8 Å². The largest absolute Gasteiger partial charge is 0.443 e. The van der Waals surface area contributed by atoms with E-state index in [1.165, 1.54) is 12.1 Å². The van der Waals surface area contributed by atoms with Gasteiger partial charge in [-0.25, -0.2) is 9.59 Å². The zero-order valence-corrected chi connectivity index (χ0v) is 10.3. The standard InChI is InChI=1S/C12H13FN2O3/c1-12(2,3)18-11(17)14-8-6-4-5-7-9(8)15(13)10(14)16/h4-7H,1-3H3. The summed E-state index contributed by atoms with van der Waals surface area (Å²) >= 11 is 0. The Balaban J connectivity index is 2.61. The molecule has 0 aliphatic heterocycles. The van der Waals surface area contributed by atoms with Crippen LogP contribution in [0.5, 0.6) is 0 Å². The van der Waals surface area contributed by atoms with Crippen molar-refractivity contribution in [2.75, 3.05) is 0 Å². The molecule has 2 aromatic rings. The highest BCUT2D eigenvalue weighted by molar-refractivity contribution is 5.86. The van der Waals surface area contributed by atoms with Gasteiger partial charge in [-0.05, 0) is 32.9 Å². The van der Waals surface area contributed by atoms with Gasteiger partial charge >= 0.3 is 11.8 Å². The van der Waals surface area contributed by atoms with Crippen LogP contribution in [-0.4, -0.2) is 21.1 Å². The van der Waals surface area contributed by atoms with Gasteiger partial charge in [0.05, 0.1) is 5.52 Å². The van der Waals surface area contributed by atoms with Crippen LogP contribution in [0.2, 0.25) is 0 Å². The molecule has 2 rings (SSSR count). The number of nitrogens with zero attached hydrogens (tertiary/aromatic N) is 2. The van der Waals surface area contributed by atoms with Gasteiger partial charge in [0.1, 0.15) is 11.1 Å². The smallest absolute Gasteiger partial charge is 0.423 e. The van der Waals surface area contributed by atoms with Crippen molar-refractivity contribution in [3.63, 3.8) is 0 Å². The number of carbonyl (C=O) groups excluding carboxylic acids is 1. The van der Waals surface area contributed by atoms with Crippen molar-refractivity contribution in [3.05, 3.63) is 34.7 Å². The van der Waals surface area contributed by atoms with Crippen molar-refractivity contribution in [2.45, 2.75) is 26.4 Å². The normalized spacial score (nSPS) is 11.8. The topological polar surface area (TPSA) is 53.2 Å². The van der Waals surface area contributed by atoms with E-state index in [1.54, 1.807) is 32.9 Å². The van der Waals surface area contributed by atoms with Crippen LogP contribution in [0.15, 0.2) is 29.1 Å². The Morgan fingerprint density at radius 2 is 1.78 bits per heavy atom. The quantitative estimate of drug-likeness (QED) is 0.723. The molecule has 0 bridgehead atoms. The van der Waals surface area contributed by atoms with Gasteiger partial charge in [0.15, 0.2) is 0 Å². The molecule has 0 N–H and O–H groups in total. The number of halogens is 1. The average Bonchev–Trinajstić information content (AvgIpc) is 2.50. The highest BCUT2D eigenvalue weighted by Gasteiger charge is 2.23. The number of hydrogen-bond donors (Lipinski definition) is 0. The van der Waals surface area contributed by atoms with E-state index < -0.39 is 17.4 Å². The van der Waals surface area contributed by atoms with Crippen molar-refractivity contribution in [3.8, 4) is 0 Å². The summed E-state index contributed by atoms with van der Waals surface area (Å²) in [5.74, 6) is 0. The highest BCUT2D eigenvalue weighted by Crippen LogP contribution is 2.15. The van der Waals surface area contributed by atoms with Crippen molar-refractivity contribution in [1.29, 1.82) is 0 Å². The molecule has 0 saturated carbocycles. The number of imidazole rings is 1. The summed E-state index contributed by atoms with van der Waals surface area (Å²) < 4.78 is 19.3. The molecule has 0 aliphatic carbocycles. The molecule has 1 aromatic heterocycles. The predicted octanol–water partition coefficient (Wildman–Crippen LogP) is 2.32. The van der Waals surface area contributed by atoms with Gasteiger partial charge in [-0.1, -0.05) is 16.6 Å². The number of carbonyl (C=O) groups is 1. The number of rotatable bonds is 0. The van der Waals surface area contributed by atoms with Gasteiger partial charge in [-0.3, -0.25) is 0 Å². The lowest BCUT2D eigenvalue weighted by Gasteiger charge is -2.19. The Morgan fingerprint density at radius 3 is 2.33 bits per heavy atom. The van der Waals surface area contributed by atoms with E-state index in [2.05, 4.69) is 0 Å². The maximum atomic E-state index is 13.6. The van der Waals surface area contributed by atoms with Crippen LogP contribution in [0.3, 0.4) is 0 Å². The molecule has 6 heteroatoms. The Kier molecular flexibility index (Phi) is 2.73. The first kappa shape index (κ1) is 12.3. The third kappa shape index (κ3) is 2.01. The molecule has 0 radical (unpaired) electrons. The third-order valence-corrected chi connectivity index (χ3v) is 2.27. The number of fused-ring (bicyclic) bond motifs is 1. The lowest BCUT2D eigenvalue weighted by molar-refractivity contribution is 0.0534. The van der Waals surface area contributed by atoms with E-state index in [0.29, 0.717) is 4.57 Å². The number of ether oxygens (including phenoxy) is 1. The number of aromatic nitrogens is 2. The first-order valence-corrected chi connectivity index (χ1v) is 5.43. The van der Waals surface area contributed by atoms with E-state index in [9.17, 15) is 14.1 Å². The van der Waals surface area contributed by atoms with Crippen molar-refractivity contribution >= 4 is 17.1 Å². The summed E-state index contributed by atoms with van der Waals surface area (Å²) in [6, 6.07) is 6.09. The second-order valence-corrected chi connectivity index (χ2v) is 4.87. The molecule has 1 aromatic carbocycles. The molecule has 0 fully saturated rings. The fraction of sp³-hybridized carbons (Fsp3) is 0.333. The lowest BCUT2D eigenvalue weighted by atomic mass is 10.2. The zero-order valence-electron chi connectivity index (χ0n) is 10.3. The van der Waals surface area contributed by atoms with Crippen molar-refractivity contribution < 1.29 is 14.0 Å². The number of para-hydroxylation sites is 2. The van der Waals surface area contributed by atoms with Crippen LogP contribution in [0, 0.1) is 0 Å². The molecule has 96 valence electrons. The van der Waals surface area contributed by atoms with Gasteiger partial charge < -0.3 is 4.74 Å². The summed E-state index contributed by atoms with van der Waals surface area (Å²) in [5.41, 5.74) is -1.60. The maximum Gasteiger partial charge on any atom is 0.423 e. The van der Waals surface area contributed by atoms with Crippen LogP contribution in [0.4, 0.5) is 9.28 Å². The molecular formula is C12H13FN2O3. The maximum absolute atomic E-state index is 13.6. The van der Waals surface area contributed by atoms with E-state index in [4.69, 9.17) is 4.74 Å². The lowest BCUT2D eigenvalue weighted by Crippen LogP contribution is -2.33. The average molecular weight is 252 g/mol. The van der Waals surface area contributed by atoms with Gasteiger partial charge in [0.25, 0.3) is 0 Å². The Labute approximate surface area is 102 Å². The summed E-state index contributed by atoms with van der Waals surface area (Å²) in [4.78, 5) is 23.5. The van der Waals surface area contributed by atoms with Crippen LogP contribution < -0.4 is 5.69 Å². The monoisotopic (exact) mass is 252 g/mol. The van der Waals surface area contributed by atoms with Gasteiger partial charge in [0.2, 0.25) is 0 Å². The molecule has 0 saturated heterocycles. The Bertz CT molecular complexity index is 664. The summed E-state index contributed by atoms with van der Waals surface area (Å²) in [6.07, 6.45) is -0.889. The predicted molar refractivity (Wildman–Crippen MR) is 64.3 cm³/mol. The second kappa shape index (κ2) is 3.97. The van der Waals surface area contributed by atoms with E-state index >= 15 is 0 Å². The second-order valence-electron chi connectivity index (χ2n) is 4.87.